The van der Waals surface area contributed by atoms with Gasteiger partial charge in [-0.15, -0.1) is 0 Å². The SMILES string of the molecule is COCCN(CCO)C(=O)[C@H](N)C(C)(C)C. The van der Waals surface area contributed by atoms with E-state index in [1.807, 2.05) is 20.8 Å². The fourth-order valence-corrected chi connectivity index (χ4v) is 1.22. The summed E-state index contributed by atoms with van der Waals surface area (Å²) >= 11 is 0. The van der Waals surface area contributed by atoms with Gasteiger partial charge in [0, 0.05) is 20.2 Å². The van der Waals surface area contributed by atoms with E-state index in [9.17, 15) is 4.79 Å². The number of amides is 1. The molecule has 5 nitrogen and oxygen atoms in total. The lowest BCUT2D eigenvalue weighted by molar-refractivity contribution is -0.136. The second-order valence-corrected chi connectivity index (χ2v) is 4.89. The van der Waals surface area contributed by atoms with Crippen LogP contribution in [-0.4, -0.2) is 55.4 Å². The molecule has 0 fully saturated rings. The lowest BCUT2D eigenvalue weighted by atomic mass is 9.86. The highest BCUT2D eigenvalue weighted by Crippen LogP contribution is 2.18. The van der Waals surface area contributed by atoms with E-state index in [1.54, 1.807) is 12.0 Å². The summed E-state index contributed by atoms with van der Waals surface area (Å²) in [5, 5.41) is 8.89. The van der Waals surface area contributed by atoms with Gasteiger partial charge in [-0.3, -0.25) is 4.79 Å². The first-order valence-electron chi connectivity index (χ1n) is 5.48. The van der Waals surface area contributed by atoms with E-state index in [4.69, 9.17) is 15.6 Å². The molecule has 0 rings (SSSR count). The van der Waals surface area contributed by atoms with Crippen LogP contribution in [0.5, 0.6) is 0 Å². The van der Waals surface area contributed by atoms with Crippen molar-refractivity contribution < 1.29 is 14.6 Å². The molecule has 0 heterocycles. The fraction of sp³-hybridized carbons (Fsp3) is 0.909. The van der Waals surface area contributed by atoms with Gasteiger partial charge in [0.2, 0.25) is 5.91 Å². The zero-order valence-corrected chi connectivity index (χ0v) is 10.7. The third-order valence-corrected chi connectivity index (χ3v) is 2.45. The Hall–Kier alpha value is -0.650. The van der Waals surface area contributed by atoms with Crippen LogP contribution in [0.3, 0.4) is 0 Å². The van der Waals surface area contributed by atoms with Crippen LogP contribution in [0.25, 0.3) is 0 Å². The molecule has 0 aliphatic carbocycles. The number of rotatable bonds is 6. The Balaban J connectivity index is 4.47. The molecule has 1 amide bonds. The number of aliphatic hydroxyl groups is 1. The van der Waals surface area contributed by atoms with E-state index in [2.05, 4.69) is 0 Å². The lowest BCUT2D eigenvalue weighted by Crippen LogP contribution is -2.51. The Morgan fingerprint density at radius 2 is 2.00 bits per heavy atom. The number of carbonyl (C=O) groups is 1. The zero-order chi connectivity index (χ0) is 12.8. The topological polar surface area (TPSA) is 75.8 Å². The van der Waals surface area contributed by atoms with Gasteiger partial charge in [-0.05, 0) is 5.41 Å². The molecule has 16 heavy (non-hydrogen) atoms. The molecule has 96 valence electrons. The second-order valence-electron chi connectivity index (χ2n) is 4.89. The molecule has 0 aromatic carbocycles. The van der Waals surface area contributed by atoms with Gasteiger partial charge in [-0.1, -0.05) is 20.8 Å². The van der Waals surface area contributed by atoms with Crippen molar-refractivity contribution in [1.82, 2.24) is 4.90 Å². The summed E-state index contributed by atoms with van der Waals surface area (Å²) < 4.78 is 4.92. The molecule has 0 aliphatic rings. The van der Waals surface area contributed by atoms with Gasteiger partial charge in [-0.25, -0.2) is 0 Å². The van der Waals surface area contributed by atoms with Gasteiger partial charge >= 0.3 is 0 Å². The molecule has 0 bridgehead atoms. The maximum absolute atomic E-state index is 12.0. The average Bonchev–Trinajstić information content (AvgIpc) is 2.20. The molecule has 3 N–H and O–H groups in total. The summed E-state index contributed by atoms with van der Waals surface area (Å²) in [5.41, 5.74) is 5.60. The number of nitrogens with two attached hydrogens (primary N) is 1. The van der Waals surface area contributed by atoms with Crippen LogP contribution in [0.4, 0.5) is 0 Å². The Bertz CT molecular complexity index is 214. The van der Waals surface area contributed by atoms with Crippen molar-refractivity contribution in [3.63, 3.8) is 0 Å². The minimum atomic E-state index is -0.559. The van der Waals surface area contributed by atoms with Crippen LogP contribution in [0, 0.1) is 5.41 Å². The van der Waals surface area contributed by atoms with Crippen molar-refractivity contribution in [2.24, 2.45) is 11.1 Å². The van der Waals surface area contributed by atoms with Crippen molar-refractivity contribution in [3.05, 3.63) is 0 Å². The maximum Gasteiger partial charge on any atom is 0.240 e. The van der Waals surface area contributed by atoms with Crippen LogP contribution >= 0.6 is 0 Å². The number of nitrogens with zero attached hydrogens (tertiary/aromatic N) is 1. The van der Waals surface area contributed by atoms with E-state index < -0.39 is 6.04 Å². The van der Waals surface area contributed by atoms with Crippen LogP contribution in [0.1, 0.15) is 20.8 Å². The Morgan fingerprint density at radius 1 is 1.44 bits per heavy atom. The molecule has 0 unspecified atom stereocenters. The highest BCUT2D eigenvalue weighted by molar-refractivity contribution is 5.82. The van der Waals surface area contributed by atoms with E-state index in [1.165, 1.54) is 0 Å². The molecule has 0 aromatic heterocycles. The summed E-state index contributed by atoms with van der Waals surface area (Å²) in [6.07, 6.45) is 0. The molecule has 5 heteroatoms. The van der Waals surface area contributed by atoms with Crippen molar-refractivity contribution in [2.75, 3.05) is 33.4 Å². The minimum Gasteiger partial charge on any atom is -0.395 e. The fourth-order valence-electron chi connectivity index (χ4n) is 1.22. The first kappa shape index (κ1) is 15.3. The zero-order valence-electron chi connectivity index (χ0n) is 10.7. The number of hydrogen-bond donors (Lipinski definition) is 2. The third kappa shape index (κ3) is 4.92. The Morgan fingerprint density at radius 3 is 2.38 bits per heavy atom. The molecule has 0 aromatic rings. The maximum atomic E-state index is 12.0. The van der Waals surface area contributed by atoms with Crippen molar-refractivity contribution >= 4 is 5.91 Å². The first-order valence-corrected chi connectivity index (χ1v) is 5.48. The van der Waals surface area contributed by atoms with E-state index in [0.29, 0.717) is 19.7 Å². The molecule has 0 saturated carbocycles. The Kier molecular flexibility index (Phi) is 6.55. The van der Waals surface area contributed by atoms with Gasteiger partial charge in [0.1, 0.15) is 0 Å². The standard InChI is InChI=1S/C11H24N2O3/c1-11(2,3)9(12)10(15)13(5-7-14)6-8-16-4/h9,14H,5-8,12H2,1-4H3/t9-/m0/s1. The van der Waals surface area contributed by atoms with Crippen LogP contribution in [0.15, 0.2) is 0 Å². The normalized spacial score (nSPS) is 13.6. The predicted molar refractivity (Wildman–Crippen MR) is 63.0 cm³/mol. The predicted octanol–water partition coefficient (Wildman–Crippen LogP) is -0.173. The summed E-state index contributed by atoms with van der Waals surface area (Å²) in [6.45, 7) is 6.90. The summed E-state index contributed by atoms with van der Waals surface area (Å²) in [5.74, 6) is -0.140. The molecular weight excluding hydrogens is 208 g/mol. The first-order chi connectivity index (χ1) is 7.34. The largest absolute Gasteiger partial charge is 0.395 e. The lowest BCUT2D eigenvalue weighted by Gasteiger charge is -2.31. The van der Waals surface area contributed by atoms with Crippen LogP contribution in [-0.2, 0) is 9.53 Å². The number of ether oxygens (including phenoxy) is 1. The second kappa shape index (κ2) is 6.83. The van der Waals surface area contributed by atoms with Gasteiger partial charge in [-0.2, -0.15) is 0 Å². The minimum absolute atomic E-state index is 0.0632. The summed E-state index contributed by atoms with van der Waals surface area (Å²) in [7, 11) is 1.57. The highest BCUT2D eigenvalue weighted by Gasteiger charge is 2.30. The number of carbonyl (C=O) groups excluding carboxylic acids is 1. The monoisotopic (exact) mass is 232 g/mol. The molecule has 0 spiro atoms. The summed E-state index contributed by atoms with van der Waals surface area (Å²) in [6, 6.07) is -0.559. The number of aliphatic hydroxyl groups excluding tert-OH is 1. The molecule has 0 saturated heterocycles. The van der Waals surface area contributed by atoms with Gasteiger partial charge in [0.15, 0.2) is 0 Å². The number of methoxy groups -OCH3 is 1. The van der Waals surface area contributed by atoms with Crippen LogP contribution < -0.4 is 5.73 Å². The number of hydrogen-bond acceptors (Lipinski definition) is 4. The van der Waals surface area contributed by atoms with Gasteiger partial charge in [0.05, 0.1) is 19.3 Å². The highest BCUT2D eigenvalue weighted by atomic mass is 16.5. The Labute approximate surface area is 97.6 Å². The van der Waals surface area contributed by atoms with E-state index in [-0.39, 0.29) is 17.9 Å². The van der Waals surface area contributed by atoms with Crippen molar-refractivity contribution in [2.45, 2.75) is 26.8 Å². The van der Waals surface area contributed by atoms with Crippen LogP contribution in [0.2, 0.25) is 0 Å². The van der Waals surface area contributed by atoms with Gasteiger partial charge < -0.3 is 20.5 Å². The quantitative estimate of drug-likeness (QED) is 0.666. The molecular formula is C11H24N2O3. The van der Waals surface area contributed by atoms with Crippen molar-refractivity contribution in [3.8, 4) is 0 Å². The smallest absolute Gasteiger partial charge is 0.240 e. The molecule has 1 atom stereocenters. The van der Waals surface area contributed by atoms with Crippen molar-refractivity contribution in [1.29, 1.82) is 0 Å². The van der Waals surface area contributed by atoms with Gasteiger partial charge in [0.25, 0.3) is 0 Å². The summed E-state index contributed by atoms with van der Waals surface area (Å²) in [4.78, 5) is 13.6. The average molecular weight is 232 g/mol. The van der Waals surface area contributed by atoms with E-state index >= 15 is 0 Å². The molecule has 0 radical (unpaired) electrons. The molecule has 0 aliphatic heterocycles. The van der Waals surface area contributed by atoms with E-state index in [0.717, 1.165) is 0 Å². The third-order valence-electron chi connectivity index (χ3n) is 2.45.